The summed E-state index contributed by atoms with van der Waals surface area (Å²) in [6.07, 6.45) is 3.20. The second kappa shape index (κ2) is 7.25. The molecule has 3 rings (SSSR count). The summed E-state index contributed by atoms with van der Waals surface area (Å²) in [6, 6.07) is 3.66. The predicted molar refractivity (Wildman–Crippen MR) is 83.5 cm³/mol. The Bertz CT molecular complexity index is 632. The first kappa shape index (κ1) is 16.8. The Kier molecular flexibility index (Phi) is 5.08. The fourth-order valence-corrected chi connectivity index (χ4v) is 3.34. The molecule has 2 amide bonds. The number of likely N-dealkylation sites (tertiary alicyclic amines) is 1. The monoisotopic (exact) mass is 337 g/mol. The summed E-state index contributed by atoms with van der Waals surface area (Å²) < 4.78 is 27.2. The number of hydrazine groups is 1. The molecule has 0 radical (unpaired) electrons. The van der Waals surface area contributed by atoms with E-state index < -0.39 is 11.6 Å². The minimum absolute atomic E-state index is 0.00983. The standard InChI is InChI=1S/C17H21F2N3O2/c18-14-5-3-4-12(17(14)19)11-22-13(6-7-16(22)24)10-15(23)20-21-8-1-2-9-21/h3-5,13H,1-2,6-11H2,(H,20,23). The molecule has 1 N–H and O–H groups in total. The van der Waals surface area contributed by atoms with Gasteiger partial charge in [-0.05, 0) is 25.3 Å². The van der Waals surface area contributed by atoms with Gasteiger partial charge in [-0.1, -0.05) is 12.1 Å². The third-order valence-corrected chi connectivity index (χ3v) is 4.63. The molecule has 1 aromatic rings. The van der Waals surface area contributed by atoms with E-state index in [1.807, 2.05) is 5.01 Å². The lowest BCUT2D eigenvalue weighted by Gasteiger charge is -2.26. The number of benzene rings is 1. The van der Waals surface area contributed by atoms with Crippen molar-refractivity contribution in [3.05, 3.63) is 35.4 Å². The van der Waals surface area contributed by atoms with Crippen LogP contribution in [-0.2, 0) is 16.1 Å². The van der Waals surface area contributed by atoms with Crippen molar-refractivity contribution in [3.63, 3.8) is 0 Å². The third kappa shape index (κ3) is 3.72. The number of amides is 2. The van der Waals surface area contributed by atoms with Gasteiger partial charge < -0.3 is 4.90 Å². The average molecular weight is 337 g/mol. The minimum Gasteiger partial charge on any atom is -0.335 e. The topological polar surface area (TPSA) is 52.7 Å². The number of nitrogens with one attached hydrogen (secondary N) is 1. The Labute approximate surface area is 139 Å². The van der Waals surface area contributed by atoms with E-state index in [4.69, 9.17) is 0 Å². The molecular weight excluding hydrogens is 316 g/mol. The van der Waals surface area contributed by atoms with E-state index in [0.29, 0.717) is 12.8 Å². The van der Waals surface area contributed by atoms with Crippen LogP contribution in [0, 0.1) is 11.6 Å². The van der Waals surface area contributed by atoms with Crippen molar-refractivity contribution in [2.24, 2.45) is 0 Å². The third-order valence-electron chi connectivity index (χ3n) is 4.63. The maximum Gasteiger partial charge on any atom is 0.236 e. The number of hydrogen-bond acceptors (Lipinski definition) is 3. The Morgan fingerprint density at radius 3 is 2.75 bits per heavy atom. The summed E-state index contributed by atoms with van der Waals surface area (Å²) in [6.45, 7) is 1.67. The SMILES string of the molecule is O=C(CC1CCC(=O)N1Cc1cccc(F)c1F)NN1CCCC1. The zero-order valence-electron chi connectivity index (χ0n) is 13.4. The van der Waals surface area contributed by atoms with Gasteiger partial charge in [0.25, 0.3) is 0 Å². The first-order valence-corrected chi connectivity index (χ1v) is 8.31. The lowest BCUT2D eigenvalue weighted by Crippen LogP contribution is -2.43. The number of carbonyl (C=O) groups is 2. The lowest BCUT2D eigenvalue weighted by atomic mass is 10.1. The molecule has 0 saturated carbocycles. The molecule has 0 aromatic heterocycles. The van der Waals surface area contributed by atoms with Gasteiger partial charge in [0.15, 0.2) is 11.6 Å². The van der Waals surface area contributed by atoms with Gasteiger partial charge in [-0.25, -0.2) is 13.8 Å². The number of carbonyl (C=O) groups excluding carboxylic acids is 2. The van der Waals surface area contributed by atoms with Gasteiger partial charge in [0.1, 0.15) is 0 Å². The maximum absolute atomic E-state index is 13.8. The van der Waals surface area contributed by atoms with E-state index in [0.717, 1.165) is 32.0 Å². The number of rotatable bonds is 5. The minimum atomic E-state index is -0.933. The van der Waals surface area contributed by atoms with Crippen LogP contribution in [0.3, 0.4) is 0 Å². The molecule has 24 heavy (non-hydrogen) atoms. The van der Waals surface area contributed by atoms with Gasteiger partial charge >= 0.3 is 0 Å². The van der Waals surface area contributed by atoms with E-state index in [2.05, 4.69) is 5.43 Å². The first-order chi connectivity index (χ1) is 11.5. The van der Waals surface area contributed by atoms with Gasteiger partial charge in [0.05, 0.1) is 0 Å². The molecule has 1 aromatic carbocycles. The normalized spacial score (nSPS) is 21.5. The van der Waals surface area contributed by atoms with Gasteiger partial charge in [-0.2, -0.15) is 0 Å². The van der Waals surface area contributed by atoms with Crippen molar-refractivity contribution in [2.75, 3.05) is 13.1 Å². The smallest absolute Gasteiger partial charge is 0.236 e. The summed E-state index contributed by atoms with van der Waals surface area (Å²) in [5.41, 5.74) is 2.98. The van der Waals surface area contributed by atoms with Crippen molar-refractivity contribution in [3.8, 4) is 0 Å². The molecule has 5 nitrogen and oxygen atoms in total. The predicted octanol–water partition coefficient (Wildman–Crippen LogP) is 1.97. The van der Waals surface area contributed by atoms with E-state index in [9.17, 15) is 18.4 Å². The quantitative estimate of drug-likeness (QED) is 0.894. The van der Waals surface area contributed by atoms with Crippen molar-refractivity contribution >= 4 is 11.8 Å². The van der Waals surface area contributed by atoms with Gasteiger partial charge in [-0.3, -0.25) is 15.0 Å². The largest absolute Gasteiger partial charge is 0.335 e. The highest BCUT2D eigenvalue weighted by Crippen LogP contribution is 2.25. The van der Waals surface area contributed by atoms with Crippen LogP contribution >= 0.6 is 0 Å². The van der Waals surface area contributed by atoms with Gasteiger partial charge in [0, 0.05) is 44.1 Å². The number of hydrogen-bond donors (Lipinski definition) is 1. The molecule has 1 unspecified atom stereocenters. The summed E-state index contributed by atoms with van der Waals surface area (Å²) in [4.78, 5) is 25.7. The van der Waals surface area contributed by atoms with E-state index in [1.54, 1.807) is 0 Å². The average Bonchev–Trinajstić information content (AvgIpc) is 3.16. The van der Waals surface area contributed by atoms with Crippen LogP contribution in [0.4, 0.5) is 8.78 Å². The number of nitrogens with zero attached hydrogens (tertiary/aromatic N) is 2. The van der Waals surface area contributed by atoms with Crippen LogP contribution in [0.5, 0.6) is 0 Å². The molecule has 2 heterocycles. The summed E-state index contributed by atoms with van der Waals surface area (Å²) in [5.74, 6) is -2.13. The van der Waals surface area contributed by atoms with Gasteiger partial charge in [0.2, 0.25) is 11.8 Å². The second-order valence-corrected chi connectivity index (χ2v) is 6.36. The lowest BCUT2D eigenvalue weighted by molar-refractivity contribution is -0.131. The molecule has 0 aliphatic carbocycles. The van der Waals surface area contributed by atoms with Crippen LogP contribution in [-0.4, -0.2) is 40.9 Å². The number of halogens is 2. The molecule has 1 atom stereocenters. The van der Waals surface area contributed by atoms with Crippen LogP contribution in [0.15, 0.2) is 18.2 Å². The van der Waals surface area contributed by atoms with Crippen LogP contribution in [0.1, 0.15) is 37.7 Å². The highest BCUT2D eigenvalue weighted by molar-refractivity contribution is 5.81. The van der Waals surface area contributed by atoms with Crippen molar-refractivity contribution in [2.45, 2.75) is 44.7 Å². The maximum atomic E-state index is 13.8. The van der Waals surface area contributed by atoms with E-state index in [1.165, 1.54) is 17.0 Å². The van der Waals surface area contributed by atoms with Crippen LogP contribution in [0.2, 0.25) is 0 Å². The Hall–Kier alpha value is -2.02. The van der Waals surface area contributed by atoms with Crippen LogP contribution < -0.4 is 5.43 Å². The van der Waals surface area contributed by atoms with Gasteiger partial charge in [-0.15, -0.1) is 0 Å². The Balaban J connectivity index is 1.63. The Morgan fingerprint density at radius 1 is 1.25 bits per heavy atom. The molecule has 2 aliphatic rings. The molecule has 2 saturated heterocycles. The molecule has 0 bridgehead atoms. The molecule has 130 valence electrons. The molecular formula is C17H21F2N3O2. The van der Waals surface area contributed by atoms with E-state index >= 15 is 0 Å². The molecule has 2 aliphatic heterocycles. The molecule has 0 spiro atoms. The molecule has 7 heteroatoms. The van der Waals surface area contributed by atoms with Crippen molar-refractivity contribution in [1.82, 2.24) is 15.3 Å². The summed E-state index contributed by atoms with van der Waals surface area (Å²) in [5, 5.41) is 1.88. The molecule has 2 fully saturated rings. The van der Waals surface area contributed by atoms with Crippen molar-refractivity contribution in [1.29, 1.82) is 0 Å². The highest BCUT2D eigenvalue weighted by Gasteiger charge is 2.33. The zero-order chi connectivity index (χ0) is 17.1. The fourth-order valence-electron chi connectivity index (χ4n) is 3.34. The summed E-state index contributed by atoms with van der Waals surface area (Å²) in [7, 11) is 0. The highest BCUT2D eigenvalue weighted by atomic mass is 19.2. The van der Waals surface area contributed by atoms with E-state index in [-0.39, 0.29) is 36.4 Å². The fraction of sp³-hybridized carbons (Fsp3) is 0.529. The first-order valence-electron chi connectivity index (χ1n) is 8.31. The van der Waals surface area contributed by atoms with Crippen LogP contribution in [0.25, 0.3) is 0 Å². The summed E-state index contributed by atoms with van der Waals surface area (Å²) >= 11 is 0. The Morgan fingerprint density at radius 2 is 2.00 bits per heavy atom. The second-order valence-electron chi connectivity index (χ2n) is 6.36. The zero-order valence-corrected chi connectivity index (χ0v) is 13.4. The van der Waals surface area contributed by atoms with Crippen molar-refractivity contribution < 1.29 is 18.4 Å².